The minimum Gasteiger partial charge on any atom is -0.497 e. The minimum absolute atomic E-state index is 0.355. The van der Waals surface area contributed by atoms with Gasteiger partial charge in [-0.05, 0) is 42.5 Å². The van der Waals surface area contributed by atoms with Crippen LogP contribution >= 0.6 is 0 Å². The van der Waals surface area contributed by atoms with E-state index < -0.39 is 0 Å². The van der Waals surface area contributed by atoms with Gasteiger partial charge in [0.25, 0.3) is 5.91 Å². The van der Waals surface area contributed by atoms with Crippen LogP contribution in [-0.2, 0) is 0 Å². The molecule has 3 rings (SSSR count). The zero-order valence-electron chi connectivity index (χ0n) is 11.2. The van der Waals surface area contributed by atoms with E-state index in [1.54, 1.807) is 19.2 Å². The molecule has 1 heterocycles. The van der Waals surface area contributed by atoms with Gasteiger partial charge in [-0.3, -0.25) is 9.89 Å². The fourth-order valence-corrected chi connectivity index (χ4v) is 2.00. The second kappa shape index (κ2) is 5.24. The van der Waals surface area contributed by atoms with E-state index in [9.17, 15) is 9.18 Å². The number of H-pyrrole nitrogens is 1. The second-order valence-corrected chi connectivity index (χ2v) is 4.44. The Hall–Kier alpha value is -2.89. The quantitative estimate of drug-likeness (QED) is 0.777. The van der Waals surface area contributed by atoms with E-state index in [-0.39, 0.29) is 11.7 Å². The van der Waals surface area contributed by atoms with Gasteiger partial charge in [-0.25, -0.2) is 4.39 Å². The maximum Gasteiger partial charge on any atom is 0.256 e. The Kier molecular flexibility index (Phi) is 3.27. The molecule has 0 saturated carbocycles. The second-order valence-electron chi connectivity index (χ2n) is 4.44. The van der Waals surface area contributed by atoms with E-state index in [1.807, 2.05) is 6.07 Å². The molecule has 5 nitrogen and oxygen atoms in total. The Morgan fingerprint density at radius 3 is 2.71 bits per heavy atom. The smallest absolute Gasteiger partial charge is 0.256 e. The third-order valence-corrected chi connectivity index (χ3v) is 3.11. The average Bonchev–Trinajstić information content (AvgIpc) is 2.90. The Morgan fingerprint density at radius 1 is 1.24 bits per heavy atom. The largest absolute Gasteiger partial charge is 0.497 e. The lowest BCUT2D eigenvalue weighted by Gasteiger charge is -2.03. The van der Waals surface area contributed by atoms with Crippen molar-refractivity contribution in [1.82, 2.24) is 10.2 Å². The van der Waals surface area contributed by atoms with Crippen LogP contribution in [0.3, 0.4) is 0 Å². The SMILES string of the molecule is COc1ccc2[nH]nc(NC(=O)c3ccc(F)cc3)c2c1. The molecular weight excluding hydrogens is 273 g/mol. The normalized spacial score (nSPS) is 10.6. The fourth-order valence-electron chi connectivity index (χ4n) is 2.00. The highest BCUT2D eigenvalue weighted by Crippen LogP contribution is 2.25. The van der Waals surface area contributed by atoms with Crippen molar-refractivity contribution in [2.24, 2.45) is 0 Å². The van der Waals surface area contributed by atoms with Crippen LogP contribution in [0, 0.1) is 5.82 Å². The summed E-state index contributed by atoms with van der Waals surface area (Å²) in [6, 6.07) is 10.7. The number of nitrogens with one attached hydrogen (secondary N) is 2. The van der Waals surface area contributed by atoms with Gasteiger partial charge in [0.2, 0.25) is 0 Å². The molecule has 106 valence electrons. The van der Waals surface area contributed by atoms with Crippen molar-refractivity contribution < 1.29 is 13.9 Å². The first-order valence-corrected chi connectivity index (χ1v) is 6.26. The molecule has 0 bridgehead atoms. The summed E-state index contributed by atoms with van der Waals surface area (Å²) in [6.07, 6.45) is 0. The number of ether oxygens (including phenoxy) is 1. The van der Waals surface area contributed by atoms with E-state index in [2.05, 4.69) is 15.5 Å². The minimum atomic E-state index is -0.387. The highest BCUT2D eigenvalue weighted by molar-refractivity contribution is 6.07. The van der Waals surface area contributed by atoms with Gasteiger partial charge >= 0.3 is 0 Å². The van der Waals surface area contributed by atoms with Crippen LogP contribution in [0.15, 0.2) is 42.5 Å². The molecule has 0 fully saturated rings. The van der Waals surface area contributed by atoms with Crippen LogP contribution in [0.2, 0.25) is 0 Å². The Labute approximate surface area is 119 Å². The predicted octanol–water partition coefficient (Wildman–Crippen LogP) is 2.96. The molecule has 6 heteroatoms. The first-order chi connectivity index (χ1) is 10.2. The van der Waals surface area contributed by atoms with Gasteiger partial charge in [0.05, 0.1) is 12.6 Å². The number of fused-ring (bicyclic) bond motifs is 1. The molecule has 2 aromatic carbocycles. The topological polar surface area (TPSA) is 67.0 Å². The first-order valence-electron chi connectivity index (χ1n) is 6.26. The molecule has 3 aromatic rings. The standard InChI is InChI=1S/C15H12FN3O2/c1-21-11-6-7-13-12(8-11)14(19-18-13)17-15(20)9-2-4-10(16)5-3-9/h2-8H,1H3,(H2,17,18,19,20). The summed E-state index contributed by atoms with van der Waals surface area (Å²) in [5, 5.41) is 10.3. The van der Waals surface area contributed by atoms with Gasteiger partial charge in [-0.15, -0.1) is 0 Å². The zero-order chi connectivity index (χ0) is 14.8. The number of nitrogens with zero attached hydrogens (tertiary/aromatic N) is 1. The Bertz CT molecular complexity index is 796. The number of aromatic amines is 1. The molecule has 0 saturated heterocycles. The van der Waals surface area contributed by atoms with Crippen molar-refractivity contribution in [1.29, 1.82) is 0 Å². The highest BCUT2D eigenvalue weighted by Gasteiger charge is 2.12. The van der Waals surface area contributed by atoms with Crippen LogP contribution in [0.1, 0.15) is 10.4 Å². The van der Waals surface area contributed by atoms with Crippen molar-refractivity contribution in [3.8, 4) is 5.75 Å². The van der Waals surface area contributed by atoms with Gasteiger partial charge in [0.15, 0.2) is 5.82 Å². The average molecular weight is 285 g/mol. The summed E-state index contributed by atoms with van der Waals surface area (Å²) in [6.45, 7) is 0. The van der Waals surface area contributed by atoms with E-state index in [4.69, 9.17) is 4.74 Å². The van der Waals surface area contributed by atoms with Crippen LogP contribution < -0.4 is 10.1 Å². The lowest BCUT2D eigenvalue weighted by Crippen LogP contribution is -2.12. The number of carbonyl (C=O) groups excluding carboxylic acids is 1. The highest BCUT2D eigenvalue weighted by atomic mass is 19.1. The summed E-state index contributed by atoms with van der Waals surface area (Å²) in [7, 11) is 1.57. The monoisotopic (exact) mass is 285 g/mol. The third kappa shape index (κ3) is 2.55. The number of rotatable bonds is 3. The van der Waals surface area contributed by atoms with Crippen molar-refractivity contribution >= 4 is 22.6 Å². The summed E-state index contributed by atoms with van der Waals surface area (Å²) in [5.74, 6) is 0.326. The molecule has 2 N–H and O–H groups in total. The fraction of sp³-hybridized carbons (Fsp3) is 0.0667. The molecule has 1 amide bonds. The molecule has 21 heavy (non-hydrogen) atoms. The maximum atomic E-state index is 12.9. The summed E-state index contributed by atoms with van der Waals surface area (Å²) >= 11 is 0. The molecule has 0 radical (unpaired) electrons. The molecular formula is C15H12FN3O2. The number of hydrogen-bond acceptors (Lipinski definition) is 3. The van der Waals surface area contributed by atoms with Crippen LogP contribution in [-0.4, -0.2) is 23.2 Å². The van der Waals surface area contributed by atoms with Crippen molar-refractivity contribution in [3.63, 3.8) is 0 Å². The molecule has 0 aliphatic heterocycles. The molecule has 0 aliphatic carbocycles. The molecule has 0 atom stereocenters. The number of anilines is 1. The number of halogens is 1. The van der Waals surface area contributed by atoms with Crippen molar-refractivity contribution in [3.05, 3.63) is 53.8 Å². The Balaban J connectivity index is 1.90. The lowest BCUT2D eigenvalue weighted by molar-refractivity contribution is 0.102. The lowest BCUT2D eigenvalue weighted by atomic mass is 10.2. The summed E-state index contributed by atoms with van der Waals surface area (Å²) in [5.41, 5.74) is 1.14. The van der Waals surface area contributed by atoms with Gasteiger partial charge in [0.1, 0.15) is 11.6 Å². The molecule has 0 spiro atoms. The van der Waals surface area contributed by atoms with Crippen LogP contribution in [0.25, 0.3) is 10.9 Å². The first kappa shape index (κ1) is 13.1. The molecule has 0 unspecified atom stereocenters. The van der Waals surface area contributed by atoms with Crippen molar-refractivity contribution in [2.45, 2.75) is 0 Å². The number of methoxy groups -OCH3 is 1. The zero-order valence-corrected chi connectivity index (χ0v) is 11.2. The van der Waals surface area contributed by atoms with Gasteiger partial charge < -0.3 is 10.1 Å². The molecule has 0 aliphatic rings. The van der Waals surface area contributed by atoms with E-state index >= 15 is 0 Å². The molecule has 1 aromatic heterocycles. The van der Waals surface area contributed by atoms with Crippen LogP contribution in [0.5, 0.6) is 5.75 Å². The third-order valence-electron chi connectivity index (χ3n) is 3.11. The summed E-state index contributed by atoms with van der Waals surface area (Å²) in [4.78, 5) is 12.1. The number of benzene rings is 2. The van der Waals surface area contributed by atoms with Crippen LogP contribution in [0.4, 0.5) is 10.2 Å². The maximum absolute atomic E-state index is 12.9. The Morgan fingerprint density at radius 2 is 2.00 bits per heavy atom. The van der Waals surface area contributed by atoms with E-state index in [0.29, 0.717) is 17.1 Å². The van der Waals surface area contributed by atoms with Gasteiger partial charge in [0, 0.05) is 10.9 Å². The van der Waals surface area contributed by atoms with E-state index in [0.717, 1.165) is 10.9 Å². The van der Waals surface area contributed by atoms with Crippen molar-refractivity contribution in [2.75, 3.05) is 12.4 Å². The number of hydrogen-bond donors (Lipinski definition) is 2. The summed E-state index contributed by atoms with van der Waals surface area (Å²) < 4.78 is 18.0. The van der Waals surface area contributed by atoms with Gasteiger partial charge in [-0.1, -0.05) is 0 Å². The number of aromatic nitrogens is 2. The van der Waals surface area contributed by atoms with E-state index in [1.165, 1.54) is 24.3 Å². The van der Waals surface area contributed by atoms with Gasteiger partial charge in [-0.2, -0.15) is 5.10 Å². The predicted molar refractivity (Wildman–Crippen MR) is 77.0 cm³/mol. The number of amides is 1. The number of carbonyl (C=O) groups is 1.